The number of nitro benzene ring substituents is 2. The van der Waals surface area contributed by atoms with Gasteiger partial charge in [-0.25, -0.2) is 0 Å². The number of nitrogens with two attached hydrogens (primary N) is 1. The SMILES string of the molecule is COc1c(C[C@H](N)C(=O)O)cc([N+](=O)[O-])cc1[N+](=O)[O-]. The molecule has 108 valence electrons. The Kier molecular flexibility index (Phi) is 4.54. The van der Waals surface area contributed by atoms with Crippen LogP contribution in [0.4, 0.5) is 11.4 Å². The summed E-state index contributed by atoms with van der Waals surface area (Å²) in [5.41, 5.74) is 4.17. The number of nitro groups is 2. The van der Waals surface area contributed by atoms with Gasteiger partial charge in [0, 0.05) is 18.1 Å². The number of aliphatic carboxylic acids is 1. The number of rotatable bonds is 6. The van der Waals surface area contributed by atoms with Gasteiger partial charge in [0.15, 0.2) is 0 Å². The Balaban J connectivity index is 3.42. The van der Waals surface area contributed by atoms with Crippen molar-refractivity contribution in [3.8, 4) is 5.75 Å². The van der Waals surface area contributed by atoms with Crippen molar-refractivity contribution in [2.45, 2.75) is 12.5 Å². The summed E-state index contributed by atoms with van der Waals surface area (Å²) >= 11 is 0. The van der Waals surface area contributed by atoms with E-state index in [2.05, 4.69) is 0 Å². The van der Waals surface area contributed by atoms with Crippen LogP contribution in [-0.2, 0) is 11.2 Å². The van der Waals surface area contributed by atoms with Crippen molar-refractivity contribution in [1.29, 1.82) is 0 Å². The van der Waals surface area contributed by atoms with Crippen LogP contribution in [0.15, 0.2) is 12.1 Å². The van der Waals surface area contributed by atoms with Crippen LogP contribution >= 0.6 is 0 Å². The van der Waals surface area contributed by atoms with E-state index in [1.54, 1.807) is 0 Å². The van der Waals surface area contributed by atoms with Crippen LogP contribution < -0.4 is 10.5 Å². The maximum absolute atomic E-state index is 10.9. The third-order valence-corrected chi connectivity index (χ3v) is 2.50. The van der Waals surface area contributed by atoms with E-state index in [9.17, 15) is 25.0 Å². The lowest BCUT2D eigenvalue weighted by Crippen LogP contribution is -2.32. The standard InChI is InChI=1S/C10H11N3O7/c1-20-9-5(3-7(11)10(14)15)2-6(12(16)17)4-8(9)13(18)19/h2,4,7H,3,11H2,1H3,(H,14,15)/t7-/m0/s1. The summed E-state index contributed by atoms with van der Waals surface area (Å²) in [4.78, 5) is 30.7. The van der Waals surface area contributed by atoms with E-state index < -0.39 is 33.2 Å². The first-order valence-electron chi connectivity index (χ1n) is 5.26. The number of hydrogen-bond acceptors (Lipinski definition) is 7. The highest BCUT2D eigenvalue weighted by Crippen LogP contribution is 2.35. The number of ether oxygens (including phenoxy) is 1. The van der Waals surface area contributed by atoms with Gasteiger partial charge < -0.3 is 15.6 Å². The molecule has 0 aromatic heterocycles. The first-order valence-corrected chi connectivity index (χ1v) is 5.26. The van der Waals surface area contributed by atoms with Crippen LogP contribution in [0.5, 0.6) is 5.75 Å². The normalized spacial score (nSPS) is 11.7. The largest absolute Gasteiger partial charge is 0.490 e. The van der Waals surface area contributed by atoms with Gasteiger partial charge in [0.25, 0.3) is 5.69 Å². The third-order valence-electron chi connectivity index (χ3n) is 2.50. The molecule has 1 aromatic rings. The van der Waals surface area contributed by atoms with Crippen LogP contribution in [0.3, 0.4) is 0 Å². The summed E-state index contributed by atoms with van der Waals surface area (Å²) < 4.78 is 4.84. The molecule has 0 spiro atoms. The maximum Gasteiger partial charge on any atom is 0.320 e. The molecule has 3 N–H and O–H groups in total. The molecule has 1 aromatic carbocycles. The van der Waals surface area contributed by atoms with Gasteiger partial charge in [-0.3, -0.25) is 25.0 Å². The lowest BCUT2D eigenvalue weighted by atomic mass is 10.0. The second kappa shape index (κ2) is 5.93. The lowest BCUT2D eigenvalue weighted by molar-refractivity contribution is -0.394. The molecule has 0 aliphatic rings. The monoisotopic (exact) mass is 285 g/mol. The second-order valence-electron chi connectivity index (χ2n) is 3.82. The topological polar surface area (TPSA) is 159 Å². The Bertz CT molecular complexity index is 572. The predicted octanol–water partition coefficient (Wildman–Crippen LogP) is 0.466. The van der Waals surface area contributed by atoms with E-state index in [1.807, 2.05) is 0 Å². The number of methoxy groups -OCH3 is 1. The van der Waals surface area contributed by atoms with Crippen molar-refractivity contribution in [2.75, 3.05) is 7.11 Å². The van der Waals surface area contributed by atoms with Gasteiger partial charge in [-0.15, -0.1) is 0 Å². The Morgan fingerprint density at radius 1 is 1.40 bits per heavy atom. The summed E-state index contributed by atoms with van der Waals surface area (Å²) in [5.74, 6) is -1.57. The van der Waals surface area contributed by atoms with Gasteiger partial charge in [0.05, 0.1) is 23.0 Å². The van der Waals surface area contributed by atoms with Gasteiger partial charge in [0.1, 0.15) is 6.04 Å². The summed E-state index contributed by atoms with van der Waals surface area (Å²) in [5, 5.41) is 30.4. The number of carbonyl (C=O) groups is 1. The molecule has 0 unspecified atom stereocenters. The second-order valence-corrected chi connectivity index (χ2v) is 3.82. The van der Waals surface area contributed by atoms with E-state index >= 15 is 0 Å². The minimum absolute atomic E-state index is 0.0108. The fourth-order valence-corrected chi connectivity index (χ4v) is 1.61. The first kappa shape index (κ1) is 15.3. The molecule has 20 heavy (non-hydrogen) atoms. The molecule has 0 saturated carbocycles. The van der Waals surface area contributed by atoms with Crippen LogP contribution in [0.1, 0.15) is 5.56 Å². The highest BCUT2D eigenvalue weighted by atomic mass is 16.6. The van der Waals surface area contributed by atoms with Crippen LogP contribution in [0, 0.1) is 20.2 Å². The molecule has 0 aliphatic carbocycles. The van der Waals surface area contributed by atoms with E-state index in [-0.39, 0.29) is 17.7 Å². The summed E-state index contributed by atoms with van der Waals surface area (Å²) in [6, 6.07) is 0.397. The quantitative estimate of drug-likeness (QED) is 0.563. The van der Waals surface area contributed by atoms with E-state index in [0.29, 0.717) is 0 Å². The number of carboxylic acid groups (broad SMARTS) is 1. The molecular formula is C10H11N3O7. The number of non-ortho nitro benzene ring substituents is 1. The van der Waals surface area contributed by atoms with Crippen LogP contribution in [0.2, 0.25) is 0 Å². The number of nitrogens with zero attached hydrogens (tertiary/aromatic N) is 2. The van der Waals surface area contributed by atoms with E-state index in [4.69, 9.17) is 15.6 Å². The Morgan fingerprint density at radius 3 is 2.40 bits per heavy atom. The third kappa shape index (κ3) is 3.17. The Labute approximate surface area is 112 Å². The van der Waals surface area contributed by atoms with Crippen molar-refractivity contribution >= 4 is 17.3 Å². The summed E-state index contributed by atoms with van der Waals surface area (Å²) in [7, 11) is 1.14. The number of carboxylic acids is 1. The molecule has 0 saturated heterocycles. The molecule has 0 fully saturated rings. The van der Waals surface area contributed by atoms with E-state index in [0.717, 1.165) is 19.2 Å². The molecule has 1 atom stereocenters. The molecule has 10 nitrogen and oxygen atoms in total. The zero-order chi connectivity index (χ0) is 15.4. The average molecular weight is 285 g/mol. The molecular weight excluding hydrogens is 274 g/mol. The van der Waals surface area contributed by atoms with Crippen molar-refractivity contribution < 1.29 is 24.5 Å². The molecule has 0 bridgehead atoms. The zero-order valence-electron chi connectivity index (χ0n) is 10.3. The Hall–Kier alpha value is -2.75. The molecule has 1 rings (SSSR count). The smallest absolute Gasteiger partial charge is 0.320 e. The molecule has 0 amide bonds. The summed E-state index contributed by atoms with van der Waals surface area (Å²) in [6.45, 7) is 0. The molecule has 0 heterocycles. The fourth-order valence-electron chi connectivity index (χ4n) is 1.61. The minimum Gasteiger partial charge on any atom is -0.490 e. The first-order chi connectivity index (χ1) is 9.27. The zero-order valence-corrected chi connectivity index (χ0v) is 10.3. The molecule has 0 aliphatic heterocycles. The Morgan fingerprint density at radius 2 is 2.00 bits per heavy atom. The van der Waals surface area contributed by atoms with Gasteiger partial charge in [-0.2, -0.15) is 0 Å². The number of hydrogen-bond donors (Lipinski definition) is 2. The van der Waals surface area contributed by atoms with Gasteiger partial charge in [-0.1, -0.05) is 0 Å². The minimum atomic E-state index is -1.36. The lowest BCUT2D eigenvalue weighted by Gasteiger charge is -2.11. The van der Waals surface area contributed by atoms with Crippen molar-refractivity contribution in [2.24, 2.45) is 5.73 Å². The van der Waals surface area contributed by atoms with Gasteiger partial charge in [0.2, 0.25) is 5.75 Å². The van der Waals surface area contributed by atoms with Crippen molar-refractivity contribution in [1.82, 2.24) is 0 Å². The molecule has 0 radical (unpaired) electrons. The van der Waals surface area contributed by atoms with Crippen LogP contribution in [0.25, 0.3) is 0 Å². The van der Waals surface area contributed by atoms with Crippen molar-refractivity contribution in [3.05, 3.63) is 37.9 Å². The highest BCUT2D eigenvalue weighted by Gasteiger charge is 2.27. The van der Waals surface area contributed by atoms with Crippen molar-refractivity contribution in [3.63, 3.8) is 0 Å². The summed E-state index contributed by atoms with van der Waals surface area (Å²) in [6.07, 6.45) is -0.332. The number of benzene rings is 1. The predicted molar refractivity (Wildman–Crippen MR) is 65.6 cm³/mol. The molecule has 10 heteroatoms. The van der Waals surface area contributed by atoms with Gasteiger partial charge >= 0.3 is 11.7 Å². The van der Waals surface area contributed by atoms with Crippen LogP contribution in [-0.4, -0.2) is 34.1 Å². The van der Waals surface area contributed by atoms with Gasteiger partial charge in [-0.05, 0) is 0 Å². The highest BCUT2D eigenvalue weighted by molar-refractivity contribution is 5.74. The maximum atomic E-state index is 10.9. The van der Waals surface area contributed by atoms with E-state index in [1.165, 1.54) is 0 Å². The fraction of sp³-hybridized carbons (Fsp3) is 0.300. The average Bonchev–Trinajstić information content (AvgIpc) is 2.37.